The lowest BCUT2D eigenvalue weighted by Gasteiger charge is -2.34. The van der Waals surface area contributed by atoms with E-state index in [1.165, 1.54) is 0 Å². The van der Waals surface area contributed by atoms with Crippen molar-refractivity contribution < 1.29 is 9.90 Å². The minimum absolute atomic E-state index is 0.156. The molecule has 1 atom stereocenters. The highest BCUT2D eigenvalue weighted by Gasteiger charge is 2.19. The number of rotatable bonds is 7. The van der Waals surface area contributed by atoms with Crippen molar-refractivity contribution in [3.63, 3.8) is 0 Å². The predicted octanol–water partition coefficient (Wildman–Crippen LogP) is 2.71. The highest BCUT2D eigenvalue weighted by molar-refractivity contribution is 5.75. The monoisotopic (exact) mass is 432 g/mol. The Morgan fingerprint density at radius 1 is 1.03 bits per heavy atom. The van der Waals surface area contributed by atoms with Gasteiger partial charge in [-0.05, 0) is 30.8 Å². The molecule has 0 aliphatic carbocycles. The molecule has 0 unspecified atom stereocenters. The second-order valence-electron chi connectivity index (χ2n) is 8.13. The van der Waals surface area contributed by atoms with E-state index in [1.807, 2.05) is 24.3 Å². The van der Waals surface area contributed by atoms with Gasteiger partial charge in [0.1, 0.15) is 6.04 Å². The molecular weight excluding hydrogens is 404 g/mol. The van der Waals surface area contributed by atoms with Crippen molar-refractivity contribution >= 4 is 11.7 Å². The van der Waals surface area contributed by atoms with Crippen LogP contribution in [0.5, 0.6) is 0 Å². The molecule has 166 valence electrons. The molecular formula is C25H28N4O3. The van der Waals surface area contributed by atoms with E-state index in [9.17, 15) is 14.7 Å². The molecule has 3 N–H and O–H groups in total. The standard InChI is InChI=1S/C25H28N4O3/c1-28-12-14-29(15-13-28)21-9-5-8-19(16-21)22-11-10-20(24(30)27-22)17-26-23(25(31)32)18-6-3-2-4-7-18/h2-11,16,23,26H,12-15,17H2,1H3,(H,27,30)(H,31,32)/t23-/m0/s1. The summed E-state index contributed by atoms with van der Waals surface area (Å²) in [5, 5.41) is 12.5. The largest absolute Gasteiger partial charge is 0.480 e. The van der Waals surface area contributed by atoms with E-state index in [0.29, 0.717) is 11.1 Å². The van der Waals surface area contributed by atoms with E-state index >= 15 is 0 Å². The number of aromatic amines is 1. The zero-order valence-electron chi connectivity index (χ0n) is 18.1. The third kappa shape index (κ3) is 5.07. The first-order chi connectivity index (χ1) is 15.5. The van der Waals surface area contributed by atoms with E-state index in [4.69, 9.17) is 0 Å². The highest BCUT2D eigenvalue weighted by Crippen LogP contribution is 2.24. The molecule has 32 heavy (non-hydrogen) atoms. The number of anilines is 1. The summed E-state index contributed by atoms with van der Waals surface area (Å²) in [4.78, 5) is 32.0. The molecule has 1 aliphatic rings. The van der Waals surface area contributed by atoms with E-state index < -0.39 is 12.0 Å². The number of pyridine rings is 1. The minimum Gasteiger partial charge on any atom is -0.480 e. The van der Waals surface area contributed by atoms with Crippen LogP contribution in [0.2, 0.25) is 0 Å². The highest BCUT2D eigenvalue weighted by atomic mass is 16.4. The normalized spacial score (nSPS) is 15.5. The molecule has 7 heteroatoms. The van der Waals surface area contributed by atoms with Crippen molar-refractivity contribution in [3.8, 4) is 11.3 Å². The number of carbonyl (C=O) groups is 1. The van der Waals surface area contributed by atoms with Gasteiger partial charge in [-0.2, -0.15) is 0 Å². The molecule has 3 aromatic rings. The van der Waals surface area contributed by atoms with Crippen LogP contribution in [-0.4, -0.2) is 54.2 Å². The Morgan fingerprint density at radius 3 is 2.47 bits per heavy atom. The number of benzene rings is 2. The van der Waals surface area contributed by atoms with E-state index in [1.54, 1.807) is 30.3 Å². The van der Waals surface area contributed by atoms with E-state index in [0.717, 1.165) is 43.1 Å². The van der Waals surface area contributed by atoms with Gasteiger partial charge in [-0.1, -0.05) is 48.5 Å². The maximum Gasteiger partial charge on any atom is 0.325 e. The summed E-state index contributed by atoms with van der Waals surface area (Å²) < 4.78 is 0. The van der Waals surface area contributed by atoms with Crippen molar-refractivity contribution in [2.45, 2.75) is 12.6 Å². The van der Waals surface area contributed by atoms with Crippen LogP contribution in [-0.2, 0) is 11.3 Å². The number of piperazine rings is 1. The zero-order chi connectivity index (χ0) is 22.5. The molecule has 2 heterocycles. The SMILES string of the molecule is CN1CCN(c2cccc(-c3ccc(CN[C@H](C(=O)O)c4ccccc4)c(=O)[nH]3)c2)CC1. The maximum absolute atomic E-state index is 12.7. The second-order valence-corrected chi connectivity index (χ2v) is 8.13. The van der Waals surface area contributed by atoms with Crippen LogP contribution in [0, 0.1) is 0 Å². The summed E-state index contributed by atoms with van der Waals surface area (Å²) in [5.74, 6) is -0.982. The third-order valence-electron chi connectivity index (χ3n) is 5.89. The Kier molecular flexibility index (Phi) is 6.68. The number of aliphatic carboxylic acids is 1. The van der Waals surface area contributed by atoms with Gasteiger partial charge in [-0.3, -0.25) is 14.9 Å². The predicted molar refractivity (Wildman–Crippen MR) is 126 cm³/mol. The lowest BCUT2D eigenvalue weighted by Crippen LogP contribution is -2.44. The van der Waals surface area contributed by atoms with Crippen molar-refractivity contribution in [1.29, 1.82) is 0 Å². The van der Waals surface area contributed by atoms with Crippen LogP contribution < -0.4 is 15.8 Å². The number of hydrogen-bond acceptors (Lipinski definition) is 5. The zero-order valence-corrected chi connectivity index (χ0v) is 18.1. The van der Waals surface area contributed by atoms with E-state index in [2.05, 4.69) is 39.3 Å². The molecule has 0 saturated carbocycles. The van der Waals surface area contributed by atoms with E-state index in [-0.39, 0.29) is 12.1 Å². The Balaban J connectivity index is 1.48. The summed E-state index contributed by atoms with van der Waals surface area (Å²) in [6.07, 6.45) is 0. The number of aromatic nitrogens is 1. The van der Waals surface area contributed by atoms with Gasteiger partial charge >= 0.3 is 5.97 Å². The molecule has 7 nitrogen and oxygen atoms in total. The molecule has 0 bridgehead atoms. The summed E-state index contributed by atoms with van der Waals surface area (Å²) in [5.41, 5.74) is 3.75. The summed E-state index contributed by atoms with van der Waals surface area (Å²) in [6, 6.07) is 19.9. The van der Waals surface area contributed by atoms with Crippen LogP contribution in [0.3, 0.4) is 0 Å². The van der Waals surface area contributed by atoms with Crippen molar-refractivity contribution in [3.05, 3.63) is 88.2 Å². The summed E-state index contributed by atoms with van der Waals surface area (Å²) in [6.45, 7) is 4.18. The van der Waals surface area contributed by atoms with Gasteiger partial charge in [0.25, 0.3) is 5.56 Å². The summed E-state index contributed by atoms with van der Waals surface area (Å²) >= 11 is 0. The smallest absolute Gasteiger partial charge is 0.325 e. The Labute approximate surface area is 187 Å². The molecule has 1 saturated heterocycles. The number of nitrogens with zero attached hydrogens (tertiary/aromatic N) is 2. The van der Waals surface area contributed by atoms with Crippen molar-refractivity contribution in [1.82, 2.24) is 15.2 Å². The summed E-state index contributed by atoms with van der Waals surface area (Å²) in [7, 11) is 2.13. The average Bonchev–Trinajstić information content (AvgIpc) is 2.81. The number of H-pyrrole nitrogens is 1. The second kappa shape index (κ2) is 9.80. The first kappa shape index (κ1) is 21.8. The number of likely N-dealkylation sites (N-methyl/N-ethyl adjacent to an activating group) is 1. The third-order valence-corrected chi connectivity index (χ3v) is 5.89. The number of hydrogen-bond donors (Lipinski definition) is 3. The van der Waals surface area contributed by atoms with Gasteiger partial charge in [-0.25, -0.2) is 0 Å². The molecule has 1 aromatic heterocycles. The molecule has 1 aliphatic heterocycles. The first-order valence-electron chi connectivity index (χ1n) is 10.8. The number of nitrogens with one attached hydrogen (secondary N) is 2. The van der Waals surface area contributed by atoms with Crippen LogP contribution in [0.4, 0.5) is 5.69 Å². The van der Waals surface area contributed by atoms with Gasteiger partial charge in [-0.15, -0.1) is 0 Å². The molecule has 0 spiro atoms. The van der Waals surface area contributed by atoms with Gasteiger partial charge < -0.3 is 19.9 Å². The van der Waals surface area contributed by atoms with Gasteiger partial charge in [0, 0.05) is 55.2 Å². The van der Waals surface area contributed by atoms with Gasteiger partial charge in [0.05, 0.1) is 0 Å². The molecule has 1 fully saturated rings. The Bertz CT molecular complexity index is 1120. The molecule has 0 amide bonds. The minimum atomic E-state index is -0.982. The molecule has 0 radical (unpaired) electrons. The fourth-order valence-electron chi connectivity index (χ4n) is 3.95. The fraction of sp³-hybridized carbons (Fsp3) is 0.280. The number of carboxylic acid groups (broad SMARTS) is 1. The van der Waals surface area contributed by atoms with Crippen LogP contribution in [0.1, 0.15) is 17.2 Å². The Morgan fingerprint density at radius 2 is 1.78 bits per heavy atom. The van der Waals surface area contributed by atoms with Gasteiger partial charge in [0.2, 0.25) is 0 Å². The van der Waals surface area contributed by atoms with Crippen molar-refractivity contribution in [2.75, 3.05) is 38.1 Å². The first-order valence-corrected chi connectivity index (χ1v) is 10.8. The average molecular weight is 433 g/mol. The lowest BCUT2D eigenvalue weighted by molar-refractivity contribution is -0.139. The lowest BCUT2D eigenvalue weighted by atomic mass is 10.1. The quantitative estimate of drug-likeness (QED) is 0.532. The fourth-order valence-corrected chi connectivity index (χ4v) is 3.95. The topological polar surface area (TPSA) is 88.7 Å². The van der Waals surface area contributed by atoms with Gasteiger partial charge in [0.15, 0.2) is 0 Å². The maximum atomic E-state index is 12.7. The molecule has 2 aromatic carbocycles. The van der Waals surface area contributed by atoms with Crippen LogP contribution in [0.15, 0.2) is 71.5 Å². The van der Waals surface area contributed by atoms with Crippen LogP contribution in [0.25, 0.3) is 11.3 Å². The Hall–Kier alpha value is -3.42. The van der Waals surface area contributed by atoms with Crippen LogP contribution >= 0.6 is 0 Å². The number of carboxylic acids is 1. The van der Waals surface area contributed by atoms with Crippen molar-refractivity contribution in [2.24, 2.45) is 0 Å². The molecule has 4 rings (SSSR count).